The molecule has 1 aromatic heterocycles. The number of nitrogens with one attached hydrogen (secondary N) is 3. The molecule has 0 saturated carbocycles. The lowest BCUT2D eigenvalue weighted by atomic mass is 9.85. The second kappa shape index (κ2) is 18.5. The molecule has 0 aliphatic heterocycles. The average molecular weight is 596 g/mol. The number of amides is 3. The number of rotatable bonds is 13. The number of hydrogen-bond acceptors (Lipinski definition) is 7. The average Bonchev–Trinajstić information content (AvgIpc) is 2.96. The first-order valence-electron chi connectivity index (χ1n) is 14.5. The summed E-state index contributed by atoms with van der Waals surface area (Å²) in [6.45, 7) is 17.0. The highest BCUT2D eigenvalue weighted by atomic mass is 16.5. The van der Waals surface area contributed by atoms with Crippen molar-refractivity contribution in [3.63, 3.8) is 0 Å². The lowest BCUT2D eigenvalue weighted by Crippen LogP contribution is -2.59. The van der Waals surface area contributed by atoms with Crippen LogP contribution in [0.5, 0.6) is 0 Å². The van der Waals surface area contributed by atoms with Gasteiger partial charge in [0, 0.05) is 32.4 Å². The summed E-state index contributed by atoms with van der Waals surface area (Å²) in [7, 11) is 1.23. The van der Waals surface area contributed by atoms with Crippen LogP contribution in [0.25, 0.3) is 11.1 Å². The molecule has 3 atom stereocenters. The Labute approximate surface area is 256 Å². The highest BCUT2D eigenvalue weighted by Gasteiger charge is 2.35. The van der Waals surface area contributed by atoms with E-state index in [0.29, 0.717) is 6.42 Å². The molecule has 3 amide bonds. The van der Waals surface area contributed by atoms with Crippen molar-refractivity contribution in [2.24, 2.45) is 5.41 Å². The summed E-state index contributed by atoms with van der Waals surface area (Å²) in [6, 6.07) is 9.92. The number of benzene rings is 1. The SMILES string of the molecule is C=C(/C=C\C)CN(CC(O)C(Cc1ccc(-c2cccnc2)cc1)NC(=O)C(NC(=O)OC)C(C)(C)C)NC(C)=O.CC. The van der Waals surface area contributed by atoms with Crippen molar-refractivity contribution >= 4 is 17.9 Å². The molecule has 0 radical (unpaired) electrons. The fourth-order valence-corrected chi connectivity index (χ4v) is 4.28. The summed E-state index contributed by atoms with van der Waals surface area (Å²) in [5.74, 6) is -0.768. The molecular formula is C33H49N5O5. The van der Waals surface area contributed by atoms with E-state index >= 15 is 0 Å². The number of nitrogens with zero attached hydrogens (tertiary/aromatic N) is 2. The first-order chi connectivity index (χ1) is 20.3. The quantitative estimate of drug-likeness (QED) is 0.199. The van der Waals surface area contributed by atoms with Gasteiger partial charge < -0.3 is 20.5 Å². The fourth-order valence-electron chi connectivity index (χ4n) is 4.28. The number of aliphatic hydroxyl groups excluding tert-OH is 1. The van der Waals surface area contributed by atoms with Crippen LogP contribution in [0.4, 0.5) is 4.79 Å². The maximum Gasteiger partial charge on any atom is 0.407 e. The number of aliphatic hydroxyl groups is 1. The second-order valence-corrected chi connectivity index (χ2v) is 11.0. The van der Waals surface area contributed by atoms with Crippen molar-refractivity contribution in [1.82, 2.24) is 26.1 Å². The number of ether oxygens (including phenoxy) is 1. The normalized spacial score (nSPS) is 13.3. The molecule has 43 heavy (non-hydrogen) atoms. The first-order valence-corrected chi connectivity index (χ1v) is 14.5. The van der Waals surface area contributed by atoms with Gasteiger partial charge in [-0.25, -0.2) is 9.80 Å². The summed E-state index contributed by atoms with van der Waals surface area (Å²) in [6.07, 6.45) is 5.61. The molecule has 1 aromatic carbocycles. The van der Waals surface area contributed by atoms with Gasteiger partial charge in [0.25, 0.3) is 0 Å². The monoisotopic (exact) mass is 595 g/mol. The first kappa shape index (κ1) is 37.0. The molecule has 0 aliphatic rings. The van der Waals surface area contributed by atoms with Crippen LogP contribution in [-0.4, -0.2) is 71.4 Å². The Kier molecular flexibility index (Phi) is 15.9. The van der Waals surface area contributed by atoms with Gasteiger partial charge in [0.05, 0.1) is 19.3 Å². The van der Waals surface area contributed by atoms with Crippen LogP contribution >= 0.6 is 0 Å². The van der Waals surface area contributed by atoms with Crippen molar-refractivity contribution in [1.29, 1.82) is 0 Å². The Hall–Kier alpha value is -4.02. The third kappa shape index (κ3) is 13.2. The van der Waals surface area contributed by atoms with Crippen LogP contribution in [0.2, 0.25) is 0 Å². The van der Waals surface area contributed by atoms with E-state index in [4.69, 9.17) is 4.74 Å². The molecule has 2 rings (SSSR count). The summed E-state index contributed by atoms with van der Waals surface area (Å²) in [5.41, 5.74) is 5.64. The van der Waals surface area contributed by atoms with Crippen molar-refractivity contribution in [3.8, 4) is 11.1 Å². The minimum absolute atomic E-state index is 0.0134. The van der Waals surface area contributed by atoms with Gasteiger partial charge in [-0.05, 0) is 47.1 Å². The van der Waals surface area contributed by atoms with E-state index in [0.717, 1.165) is 22.3 Å². The Morgan fingerprint density at radius 3 is 2.26 bits per heavy atom. The minimum Gasteiger partial charge on any atom is -0.453 e. The van der Waals surface area contributed by atoms with E-state index < -0.39 is 35.6 Å². The maximum atomic E-state index is 13.5. The van der Waals surface area contributed by atoms with Crippen LogP contribution in [0.1, 0.15) is 54.0 Å². The molecule has 3 unspecified atom stereocenters. The molecule has 0 spiro atoms. The Morgan fingerprint density at radius 2 is 1.74 bits per heavy atom. The highest BCUT2D eigenvalue weighted by molar-refractivity contribution is 5.86. The van der Waals surface area contributed by atoms with Crippen LogP contribution in [-0.2, 0) is 20.7 Å². The molecular weight excluding hydrogens is 546 g/mol. The Bertz CT molecular complexity index is 1190. The van der Waals surface area contributed by atoms with Gasteiger partial charge in [-0.3, -0.25) is 20.0 Å². The molecule has 10 heteroatoms. The van der Waals surface area contributed by atoms with Gasteiger partial charge in [-0.2, -0.15) is 0 Å². The lowest BCUT2D eigenvalue weighted by Gasteiger charge is -2.34. The van der Waals surface area contributed by atoms with E-state index in [2.05, 4.69) is 27.6 Å². The van der Waals surface area contributed by atoms with Crippen molar-refractivity contribution in [3.05, 3.63) is 78.7 Å². The van der Waals surface area contributed by atoms with Gasteiger partial charge in [0.1, 0.15) is 6.04 Å². The number of hydrazine groups is 1. The van der Waals surface area contributed by atoms with Gasteiger partial charge in [-0.1, -0.05) is 83.7 Å². The van der Waals surface area contributed by atoms with Gasteiger partial charge >= 0.3 is 6.09 Å². The van der Waals surface area contributed by atoms with Gasteiger partial charge in [0.15, 0.2) is 0 Å². The van der Waals surface area contributed by atoms with E-state index in [1.54, 1.807) is 17.4 Å². The third-order valence-corrected chi connectivity index (χ3v) is 6.29. The smallest absolute Gasteiger partial charge is 0.407 e. The zero-order valence-electron chi connectivity index (χ0n) is 26.8. The summed E-state index contributed by atoms with van der Waals surface area (Å²) < 4.78 is 4.72. The van der Waals surface area contributed by atoms with Gasteiger partial charge in [-0.15, -0.1) is 0 Å². The molecule has 10 nitrogen and oxygen atoms in total. The molecule has 0 saturated heterocycles. The molecule has 4 N–H and O–H groups in total. The van der Waals surface area contributed by atoms with Crippen molar-refractivity contribution < 1.29 is 24.2 Å². The molecule has 0 aliphatic carbocycles. The summed E-state index contributed by atoms with van der Waals surface area (Å²) >= 11 is 0. The van der Waals surface area contributed by atoms with Crippen LogP contribution in [0.15, 0.2) is 73.1 Å². The maximum absolute atomic E-state index is 13.5. The standard InChI is InChI=1S/C31H43N5O5.C2H6/c1-8-10-21(2)19-36(35-22(3)37)20-27(38)26(33-29(39)28(31(4,5)6)34-30(40)41-7)17-23-12-14-24(15-13-23)25-11-9-16-32-18-25;1-2/h8-16,18,26-28,38H,2,17,19-20H2,1,3-7H3,(H,33,39)(H,34,40)(H,35,37);1-2H3/b10-8-;. The molecule has 2 aromatic rings. The topological polar surface area (TPSA) is 133 Å². The summed E-state index contributed by atoms with van der Waals surface area (Å²) in [5, 5.41) is 18.5. The van der Waals surface area contributed by atoms with E-state index in [9.17, 15) is 19.5 Å². The highest BCUT2D eigenvalue weighted by Crippen LogP contribution is 2.22. The van der Waals surface area contributed by atoms with E-state index in [1.165, 1.54) is 14.0 Å². The number of pyridine rings is 1. The number of carbonyl (C=O) groups excluding carboxylic acids is 3. The lowest BCUT2D eigenvalue weighted by molar-refractivity contribution is -0.128. The van der Waals surface area contributed by atoms with Crippen LogP contribution < -0.4 is 16.1 Å². The predicted molar refractivity (Wildman–Crippen MR) is 171 cm³/mol. The number of hydrogen-bond donors (Lipinski definition) is 4. The number of alkyl carbamates (subject to hydrolysis) is 1. The Balaban J connectivity index is 0.00000452. The van der Waals surface area contributed by atoms with Crippen molar-refractivity contribution in [2.45, 2.75) is 73.1 Å². The van der Waals surface area contributed by atoms with E-state index in [-0.39, 0.29) is 19.0 Å². The Morgan fingerprint density at radius 1 is 1.09 bits per heavy atom. The predicted octanol–water partition coefficient (Wildman–Crippen LogP) is 4.42. The second-order valence-electron chi connectivity index (χ2n) is 11.0. The molecule has 1 heterocycles. The largest absolute Gasteiger partial charge is 0.453 e. The zero-order valence-corrected chi connectivity index (χ0v) is 26.8. The molecule has 236 valence electrons. The fraction of sp³-hybridized carbons (Fsp3) is 0.455. The van der Waals surface area contributed by atoms with E-state index in [1.807, 2.05) is 90.1 Å². The number of carbonyl (C=O) groups is 3. The number of methoxy groups -OCH3 is 1. The number of allylic oxidation sites excluding steroid dienone is 1. The molecule has 0 bridgehead atoms. The summed E-state index contributed by atoms with van der Waals surface area (Å²) in [4.78, 5) is 41.6. The third-order valence-electron chi connectivity index (χ3n) is 6.29. The zero-order chi connectivity index (χ0) is 32.6. The number of aromatic nitrogens is 1. The van der Waals surface area contributed by atoms with Crippen LogP contribution in [0.3, 0.4) is 0 Å². The van der Waals surface area contributed by atoms with Crippen LogP contribution in [0, 0.1) is 5.41 Å². The van der Waals surface area contributed by atoms with Gasteiger partial charge in [0.2, 0.25) is 11.8 Å². The van der Waals surface area contributed by atoms with Crippen molar-refractivity contribution in [2.75, 3.05) is 20.2 Å². The minimum atomic E-state index is -1.10. The molecule has 0 fully saturated rings.